The lowest BCUT2D eigenvalue weighted by Gasteiger charge is -2.27. The van der Waals surface area contributed by atoms with Gasteiger partial charge in [-0.3, -0.25) is 4.99 Å². The average Bonchev–Trinajstić information content (AvgIpc) is 2.31. The van der Waals surface area contributed by atoms with E-state index in [4.69, 9.17) is 4.99 Å². The predicted molar refractivity (Wildman–Crippen MR) is 75.3 cm³/mol. The summed E-state index contributed by atoms with van der Waals surface area (Å²) < 4.78 is 0. The van der Waals surface area contributed by atoms with Gasteiger partial charge in [-0.15, -0.1) is 0 Å². The van der Waals surface area contributed by atoms with Crippen LogP contribution in [0.2, 0.25) is 0 Å². The Labute approximate surface area is 105 Å². The molecule has 1 N–H and O–H groups in total. The van der Waals surface area contributed by atoms with E-state index in [0.29, 0.717) is 12.1 Å². The highest BCUT2D eigenvalue weighted by Crippen LogP contribution is 2.20. The number of aliphatic imine (C=N–C) groups is 1. The van der Waals surface area contributed by atoms with Gasteiger partial charge < -0.3 is 5.32 Å². The molecule has 0 saturated carbocycles. The van der Waals surface area contributed by atoms with Crippen LogP contribution in [0.15, 0.2) is 4.99 Å². The molecule has 94 valence electrons. The molecule has 1 heterocycles. The fraction of sp³-hybridized carbons (Fsp3) is 0.923. The van der Waals surface area contributed by atoms with E-state index in [-0.39, 0.29) is 0 Å². The zero-order valence-electron chi connectivity index (χ0n) is 11.1. The fourth-order valence-electron chi connectivity index (χ4n) is 2.24. The number of hydrogen-bond acceptors (Lipinski definition) is 3. The largest absolute Gasteiger partial charge is 0.362 e. The third-order valence-electron chi connectivity index (χ3n) is 3.57. The van der Waals surface area contributed by atoms with Crippen molar-refractivity contribution in [2.45, 2.75) is 65.5 Å². The second-order valence-electron chi connectivity index (χ2n) is 4.64. The Balaban J connectivity index is 2.49. The second-order valence-corrected chi connectivity index (χ2v) is 5.73. The molecule has 0 aliphatic carbocycles. The zero-order chi connectivity index (χ0) is 12.0. The van der Waals surface area contributed by atoms with Gasteiger partial charge >= 0.3 is 0 Å². The van der Waals surface area contributed by atoms with Crippen LogP contribution in [-0.2, 0) is 0 Å². The number of nitrogens with zero attached hydrogens (tertiary/aromatic N) is 1. The minimum Gasteiger partial charge on any atom is -0.362 e. The first-order valence-corrected chi connectivity index (χ1v) is 7.66. The van der Waals surface area contributed by atoms with E-state index in [1.54, 1.807) is 0 Å². The van der Waals surface area contributed by atoms with Crippen LogP contribution < -0.4 is 5.32 Å². The zero-order valence-corrected chi connectivity index (χ0v) is 11.9. The first-order chi connectivity index (χ1) is 7.71. The molecule has 0 amide bonds. The Morgan fingerprint density at radius 1 is 1.38 bits per heavy atom. The summed E-state index contributed by atoms with van der Waals surface area (Å²) in [4.78, 5) is 4.76. The van der Waals surface area contributed by atoms with Gasteiger partial charge in [-0.2, -0.15) is 0 Å². The number of rotatable bonds is 5. The van der Waals surface area contributed by atoms with Crippen molar-refractivity contribution < 1.29 is 0 Å². The molecule has 1 rings (SSSR count). The molecular weight excluding hydrogens is 216 g/mol. The summed E-state index contributed by atoms with van der Waals surface area (Å²) in [5.41, 5.74) is 0. The average molecular weight is 242 g/mol. The van der Waals surface area contributed by atoms with Gasteiger partial charge in [0.05, 0.1) is 6.04 Å². The Bertz CT molecular complexity index is 224. The van der Waals surface area contributed by atoms with Crippen LogP contribution in [0.3, 0.4) is 0 Å². The van der Waals surface area contributed by atoms with Crippen LogP contribution in [0.1, 0.15) is 53.4 Å². The summed E-state index contributed by atoms with van der Waals surface area (Å²) in [5.74, 6) is 1.99. The number of nitrogens with one attached hydrogen (secondary N) is 1. The maximum absolute atomic E-state index is 4.76. The van der Waals surface area contributed by atoms with Crippen molar-refractivity contribution in [3.05, 3.63) is 0 Å². The van der Waals surface area contributed by atoms with Gasteiger partial charge in [-0.05, 0) is 25.7 Å². The van der Waals surface area contributed by atoms with Gasteiger partial charge in [0.2, 0.25) is 0 Å². The summed E-state index contributed by atoms with van der Waals surface area (Å²) in [6.45, 7) is 9.07. The number of amidine groups is 1. The molecule has 0 radical (unpaired) electrons. The fourth-order valence-corrected chi connectivity index (χ4v) is 3.32. The molecule has 3 heteroatoms. The smallest absolute Gasteiger partial charge is 0.157 e. The minimum absolute atomic E-state index is 0.553. The van der Waals surface area contributed by atoms with Gasteiger partial charge in [-0.1, -0.05) is 45.4 Å². The van der Waals surface area contributed by atoms with Crippen LogP contribution >= 0.6 is 11.8 Å². The quantitative estimate of drug-likeness (QED) is 0.795. The molecule has 1 aliphatic rings. The first-order valence-electron chi connectivity index (χ1n) is 6.68. The lowest BCUT2D eigenvalue weighted by molar-refractivity contribution is 0.391. The van der Waals surface area contributed by atoms with Crippen LogP contribution in [-0.4, -0.2) is 23.0 Å². The van der Waals surface area contributed by atoms with E-state index in [2.05, 4.69) is 33.0 Å². The van der Waals surface area contributed by atoms with Gasteiger partial charge in [0.25, 0.3) is 0 Å². The van der Waals surface area contributed by atoms with Gasteiger partial charge in [0.1, 0.15) is 0 Å². The molecule has 16 heavy (non-hydrogen) atoms. The standard InChI is InChI=1S/C13H26N2S/c1-5-11(6-2)10(4)14-13-15-12(7-3)8-9-16-13/h10-12H,5-9H2,1-4H3,(H,14,15). The summed E-state index contributed by atoms with van der Waals surface area (Å²) in [6.07, 6.45) is 4.91. The van der Waals surface area contributed by atoms with Gasteiger partial charge in [0.15, 0.2) is 5.17 Å². The molecule has 2 nitrogen and oxygen atoms in total. The van der Waals surface area contributed by atoms with Crippen molar-refractivity contribution in [1.29, 1.82) is 0 Å². The molecule has 2 unspecified atom stereocenters. The first kappa shape index (κ1) is 13.9. The maximum Gasteiger partial charge on any atom is 0.157 e. The van der Waals surface area contributed by atoms with Gasteiger partial charge in [0, 0.05) is 11.8 Å². The Kier molecular flexibility index (Phi) is 6.25. The molecule has 0 aromatic carbocycles. The second kappa shape index (κ2) is 7.21. The highest BCUT2D eigenvalue weighted by molar-refractivity contribution is 8.13. The summed E-state index contributed by atoms with van der Waals surface area (Å²) >= 11 is 1.89. The van der Waals surface area contributed by atoms with Crippen molar-refractivity contribution in [3.63, 3.8) is 0 Å². The van der Waals surface area contributed by atoms with Gasteiger partial charge in [-0.25, -0.2) is 0 Å². The lowest BCUT2D eigenvalue weighted by Crippen LogP contribution is -2.38. The number of hydrogen-bond donors (Lipinski definition) is 1. The maximum atomic E-state index is 4.76. The highest BCUT2D eigenvalue weighted by Gasteiger charge is 2.18. The molecule has 2 atom stereocenters. The Hall–Kier alpha value is -0.180. The minimum atomic E-state index is 0.553. The third-order valence-corrected chi connectivity index (χ3v) is 4.50. The molecule has 0 saturated heterocycles. The molecule has 0 bridgehead atoms. The monoisotopic (exact) mass is 242 g/mol. The third kappa shape index (κ3) is 4.00. The van der Waals surface area contributed by atoms with Crippen molar-refractivity contribution >= 4 is 16.9 Å². The van der Waals surface area contributed by atoms with Crippen LogP contribution in [0.5, 0.6) is 0 Å². The molecule has 0 aromatic rings. The molecular formula is C13H26N2S. The number of thioether (sulfide) groups is 1. The summed E-state index contributed by atoms with van der Waals surface area (Å²) in [6, 6.07) is 1.11. The van der Waals surface area contributed by atoms with E-state index in [1.165, 1.54) is 36.6 Å². The van der Waals surface area contributed by atoms with Crippen molar-refractivity contribution in [1.82, 2.24) is 5.32 Å². The van der Waals surface area contributed by atoms with E-state index >= 15 is 0 Å². The highest BCUT2D eigenvalue weighted by atomic mass is 32.2. The normalized spacial score (nSPS) is 23.1. The van der Waals surface area contributed by atoms with Crippen LogP contribution in [0, 0.1) is 5.92 Å². The van der Waals surface area contributed by atoms with E-state index < -0.39 is 0 Å². The molecule has 0 aromatic heterocycles. The van der Waals surface area contributed by atoms with Crippen LogP contribution in [0.4, 0.5) is 0 Å². The van der Waals surface area contributed by atoms with Crippen molar-refractivity contribution in [3.8, 4) is 0 Å². The molecule has 1 aliphatic heterocycles. The lowest BCUT2D eigenvalue weighted by atomic mass is 9.96. The topological polar surface area (TPSA) is 24.4 Å². The van der Waals surface area contributed by atoms with Crippen molar-refractivity contribution in [2.24, 2.45) is 10.9 Å². The van der Waals surface area contributed by atoms with E-state index in [9.17, 15) is 0 Å². The molecule has 0 fully saturated rings. The Morgan fingerprint density at radius 3 is 2.62 bits per heavy atom. The van der Waals surface area contributed by atoms with Crippen molar-refractivity contribution in [2.75, 3.05) is 5.75 Å². The molecule has 0 spiro atoms. The Morgan fingerprint density at radius 2 is 2.06 bits per heavy atom. The van der Waals surface area contributed by atoms with E-state index in [0.717, 1.165) is 5.92 Å². The van der Waals surface area contributed by atoms with E-state index in [1.807, 2.05) is 11.8 Å². The summed E-state index contributed by atoms with van der Waals surface area (Å²) in [5, 5.41) is 4.78. The summed E-state index contributed by atoms with van der Waals surface area (Å²) in [7, 11) is 0. The predicted octanol–water partition coefficient (Wildman–Crippen LogP) is 3.67. The SMILES string of the molecule is CCC1CCSC(NC(C)C(CC)CC)=N1. The van der Waals surface area contributed by atoms with Crippen LogP contribution in [0.25, 0.3) is 0 Å².